The number of H-pyrrole nitrogens is 1. The third kappa shape index (κ3) is 2.66. The molecule has 0 saturated heterocycles. The normalized spacial score (nSPS) is 12.3. The summed E-state index contributed by atoms with van der Waals surface area (Å²) in [7, 11) is 0. The summed E-state index contributed by atoms with van der Waals surface area (Å²) >= 11 is 0. The molecule has 1 amide bonds. The molecule has 0 unspecified atom stereocenters. The lowest BCUT2D eigenvalue weighted by Gasteiger charge is -2.20. The lowest BCUT2D eigenvalue weighted by molar-refractivity contribution is 0.0946. The minimum absolute atomic E-state index is 0.174. The molecule has 3 heterocycles. The van der Waals surface area contributed by atoms with E-state index in [4.69, 9.17) is 4.74 Å². The SMILES string of the molecule is O=C(NCCc1c[nH]c2ccccc12)c1ncn2c1COc1ccccc1-2. The molecule has 0 fully saturated rings. The second-order valence-corrected chi connectivity index (χ2v) is 6.53. The first kappa shape index (κ1) is 15.7. The number of nitrogens with one attached hydrogen (secondary N) is 2. The van der Waals surface area contributed by atoms with E-state index in [0.29, 0.717) is 18.8 Å². The van der Waals surface area contributed by atoms with E-state index < -0.39 is 0 Å². The van der Waals surface area contributed by atoms with Gasteiger partial charge in [0, 0.05) is 23.6 Å². The van der Waals surface area contributed by atoms with Crippen molar-refractivity contribution in [1.29, 1.82) is 0 Å². The highest BCUT2D eigenvalue weighted by Gasteiger charge is 2.24. The minimum Gasteiger partial charge on any atom is -0.485 e. The number of benzene rings is 2. The van der Waals surface area contributed by atoms with Crippen molar-refractivity contribution in [3.8, 4) is 11.4 Å². The summed E-state index contributed by atoms with van der Waals surface area (Å²) in [5, 5.41) is 4.17. The predicted octanol–water partition coefficient (Wildman–Crippen LogP) is 3.22. The molecule has 134 valence electrons. The Hall–Kier alpha value is -3.54. The van der Waals surface area contributed by atoms with E-state index in [9.17, 15) is 4.79 Å². The largest absolute Gasteiger partial charge is 0.485 e. The van der Waals surface area contributed by atoms with Gasteiger partial charge in [-0.3, -0.25) is 9.36 Å². The minimum atomic E-state index is -0.174. The average molecular weight is 358 g/mol. The number of aromatic amines is 1. The standard InChI is InChI=1S/C21H18N4O2/c26-21(22-10-9-14-11-23-16-6-2-1-5-15(14)16)20-18-12-27-19-8-4-3-7-17(19)25(18)13-24-20/h1-8,11,13,23H,9-10,12H2,(H,22,26). The fraction of sp³-hybridized carbons (Fsp3) is 0.143. The fourth-order valence-corrected chi connectivity index (χ4v) is 3.57. The highest BCUT2D eigenvalue weighted by Crippen LogP contribution is 2.30. The molecule has 1 aliphatic heterocycles. The summed E-state index contributed by atoms with van der Waals surface area (Å²) in [4.78, 5) is 20.2. The van der Waals surface area contributed by atoms with Crippen molar-refractivity contribution in [2.45, 2.75) is 13.0 Å². The Morgan fingerprint density at radius 1 is 1.19 bits per heavy atom. The van der Waals surface area contributed by atoms with Crippen LogP contribution in [0.15, 0.2) is 61.1 Å². The fourth-order valence-electron chi connectivity index (χ4n) is 3.57. The number of imidazole rings is 1. The molecular weight excluding hydrogens is 340 g/mol. The maximum atomic E-state index is 12.6. The Balaban J connectivity index is 1.31. The van der Waals surface area contributed by atoms with Crippen LogP contribution in [0, 0.1) is 0 Å². The van der Waals surface area contributed by atoms with Crippen molar-refractivity contribution in [2.24, 2.45) is 0 Å². The molecule has 2 aromatic carbocycles. The van der Waals surface area contributed by atoms with Crippen LogP contribution in [0.25, 0.3) is 16.6 Å². The van der Waals surface area contributed by atoms with Crippen LogP contribution >= 0.6 is 0 Å². The van der Waals surface area contributed by atoms with Gasteiger partial charge in [-0.25, -0.2) is 4.98 Å². The summed E-state index contributed by atoms with van der Waals surface area (Å²) in [6.45, 7) is 0.882. The summed E-state index contributed by atoms with van der Waals surface area (Å²) < 4.78 is 7.69. The van der Waals surface area contributed by atoms with Crippen molar-refractivity contribution >= 4 is 16.8 Å². The predicted molar refractivity (Wildman–Crippen MR) is 102 cm³/mol. The van der Waals surface area contributed by atoms with Crippen molar-refractivity contribution < 1.29 is 9.53 Å². The van der Waals surface area contributed by atoms with E-state index in [1.807, 2.05) is 53.2 Å². The number of para-hydroxylation sites is 3. The highest BCUT2D eigenvalue weighted by atomic mass is 16.5. The lowest BCUT2D eigenvalue weighted by Crippen LogP contribution is -2.28. The van der Waals surface area contributed by atoms with Crippen molar-refractivity contribution in [3.05, 3.63) is 78.0 Å². The van der Waals surface area contributed by atoms with Gasteiger partial charge in [0.1, 0.15) is 18.7 Å². The topological polar surface area (TPSA) is 71.9 Å². The average Bonchev–Trinajstić information content (AvgIpc) is 3.32. The molecule has 0 spiro atoms. The Bertz CT molecular complexity index is 1140. The molecular formula is C21H18N4O2. The molecule has 1 aliphatic rings. The van der Waals surface area contributed by atoms with Crippen molar-refractivity contribution in [1.82, 2.24) is 19.9 Å². The Morgan fingerprint density at radius 3 is 3.00 bits per heavy atom. The molecule has 0 bridgehead atoms. The van der Waals surface area contributed by atoms with Crippen molar-refractivity contribution in [3.63, 3.8) is 0 Å². The number of nitrogens with zero attached hydrogens (tertiary/aromatic N) is 2. The van der Waals surface area contributed by atoms with Crippen molar-refractivity contribution in [2.75, 3.05) is 6.54 Å². The summed E-state index contributed by atoms with van der Waals surface area (Å²) in [5.74, 6) is 0.625. The number of hydrogen-bond acceptors (Lipinski definition) is 3. The van der Waals surface area contributed by atoms with E-state index in [1.54, 1.807) is 6.33 Å². The quantitative estimate of drug-likeness (QED) is 0.588. The van der Waals surface area contributed by atoms with Crippen LogP contribution in [0.1, 0.15) is 21.7 Å². The first-order chi connectivity index (χ1) is 13.3. The zero-order chi connectivity index (χ0) is 18.2. The summed E-state index contributed by atoms with van der Waals surface area (Å²) in [6.07, 6.45) is 4.44. The van der Waals surface area contributed by atoms with Gasteiger partial charge in [-0.1, -0.05) is 30.3 Å². The van der Waals surface area contributed by atoms with E-state index in [1.165, 1.54) is 10.9 Å². The van der Waals surface area contributed by atoms with Crippen LogP contribution in [0.2, 0.25) is 0 Å². The molecule has 0 aliphatic carbocycles. The smallest absolute Gasteiger partial charge is 0.271 e. The number of hydrogen-bond donors (Lipinski definition) is 2. The van der Waals surface area contributed by atoms with Gasteiger partial charge in [-0.15, -0.1) is 0 Å². The summed E-state index contributed by atoms with van der Waals surface area (Å²) in [6, 6.07) is 15.9. The first-order valence-corrected chi connectivity index (χ1v) is 8.93. The molecule has 6 nitrogen and oxygen atoms in total. The number of amides is 1. The Labute approximate surface area is 155 Å². The van der Waals surface area contributed by atoms with Gasteiger partial charge in [0.25, 0.3) is 5.91 Å². The van der Waals surface area contributed by atoms with Gasteiger partial charge >= 0.3 is 0 Å². The van der Waals surface area contributed by atoms with Gasteiger partial charge < -0.3 is 15.0 Å². The molecule has 0 atom stereocenters. The van der Waals surface area contributed by atoms with Gasteiger partial charge in [0.2, 0.25) is 0 Å². The number of aromatic nitrogens is 3. The second kappa shape index (κ2) is 6.32. The number of ether oxygens (including phenoxy) is 1. The van der Waals surface area contributed by atoms with Gasteiger partial charge in [-0.2, -0.15) is 0 Å². The number of rotatable bonds is 4. The van der Waals surface area contributed by atoms with Crippen LogP contribution in [-0.2, 0) is 13.0 Å². The zero-order valence-corrected chi connectivity index (χ0v) is 14.6. The maximum absolute atomic E-state index is 12.6. The van der Waals surface area contributed by atoms with Gasteiger partial charge in [0.15, 0.2) is 5.69 Å². The van der Waals surface area contributed by atoms with Crippen LogP contribution < -0.4 is 10.1 Å². The van der Waals surface area contributed by atoms with E-state index in [2.05, 4.69) is 21.4 Å². The third-order valence-electron chi connectivity index (χ3n) is 4.93. The van der Waals surface area contributed by atoms with Gasteiger partial charge in [-0.05, 0) is 30.2 Å². The Kier molecular flexibility index (Phi) is 3.67. The molecule has 0 radical (unpaired) electrons. The van der Waals surface area contributed by atoms with Gasteiger partial charge in [0.05, 0.1) is 11.4 Å². The van der Waals surface area contributed by atoms with Crippen LogP contribution in [0.5, 0.6) is 5.75 Å². The number of carbonyl (C=O) groups is 1. The van der Waals surface area contributed by atoms with Crippen LogP contribution in [0.4, 0.5) is 0 Å². The molecule has 6 heteroatoms. The highest BCUT2D eigenvalue weighted by molar-refractivity contribution is 5.93. The Morgan fingerprint density at radius 2 is 2.04 bits per heavy atom. The zero-order valence-electron chi connectivity index (χ0n) is 14.6. The molecule has 5 rings (SSSR count). The van der Waals surface area contributed by atoms with E-state index >= 15 is 0 Å². The van der Waals surface area contributed by atoms with Crippen LogP contribution in [-0.4, -0.2) is 27.0 Å². The van der Waals surface area contributed by atoms with E-state index in [0.717, 1.165) is 29.1 Å². The number of fused-ring (bicyclic) bond motifs is 4. The van der Waals surface area contributed by atoms with Crippen LogP contribution in [0.3, 0.4) is 0 Å². The first-order valence-electron chi connectivity index (χ1n) is 8.93. The second-order valence-electron chi connectivity index (χ2n) is 6.53. The third-order valence-corrected chi connectivity index (χ3v) is 4.93. The molecule has 2 N–H and O–H groups in total. The molecule has 2 aromatic heterocycles. The molecule has 0 saturated carbocycles. The maximum Gasteiger partial charge on any atom is 0.271 e. The monoisotopic (exact) mass is 358 g/mol. The molecule has 4 aromatic rings. The van der Waals surface area contributed by atoms with E-state index in [-0.39, 0.29) is 5.91 Å². The summed E-state index contributed by atoms with van der Waals surface area (Å²) in [5.41, 5.74) is 4.40. The lowest BCUT2D eigenvalue weighted by atomic mass is 10.1. The number of carbonyl (C=O) groups excluding carboxylic acids is 1. The molecule has 27 heavy (non-hydrogen) atoms.